The molecule has 0 aromatic heterocycles. The molecule has 468 valence electrons. The van der Waals surface area contributed by atoms with Gasteiger partial charge in [-0.15, -0.1) is 0 Å². The lowest BCUT2D eigenvalue weighted by Crippen LogP contribution is -2.37. The molecule has 2 atom stereocenters. The molecule has 5 aromatic carbocycles. The Labute approximate surface area is 502 Å². The molecule has 0 radical (unpaired) electrons. The van der Waals surface area contributed by atoms with Crippen molar-refractivity contribution in [1.29, 1.82) is 0 Å². The Morgan fingerprint density at radius 2 is 0.580 bits per heavy atom. The van der Waals surface area contributed by atoms with Gasteiger partial charge >= 0.3 is 59.7 Å². The Kier molecular flexibility index (Phi) is 37.3. The van der Waals surface area contributed by atoms with E-state index >= 15 is 0 Å². The first kappa shape index (κ1) is 75.1. The standard InChI is InChI=1S/C22H23NO6.C19H16O6.C11H10O5.C6H11NO4.C3H4O4/c1-23-18(22(27)29-15-20(25)17-10-6-3-7-11-17)12-13-21(26)28-14-19(24)16-8-4-2-5-9-16;20-16(14-7-3-1-4-8-14)12-24-18(22)11-19(23)25-13-17(21)15-9-5-2-6-10-15;12-9(8-4-2-1-3-5-8)7-16-11(15)6-10(13)14;1-7-4(6(10)11)2-3-5(8)9;4-2(5)1-3(6)7/h2-11,18,23H,12-15H2,1H3;1-10H,11-13H2;1-5H,6-7H2,(H,13,14);4,7H,2-3H2,1H3,(H,8,9)(H,10,11);1H2,(H,4,5)(H,6,7). The van der Waals surface area contributed by atoms with E-state index in [1.54, 1.807) is 159 Å². The van der Waals surface area contributed by atoms with E-state index in [1.165, 1.54) is 7.05 Å². The van der Waals surface area contributed by atoms with E-state index in [0.29, 0.717) is 27.8 Å². The van der Waals surface area contributed by atoms with E-state index in [-0.39, 0.29) is 67.8 Å². The average Bonchev–Trinajstić information content (AvgIpc) is 3.73. The summed E-state index contributed by atoms with van der Waals surface area (Å²) in [6.45, 7) is -2.09. The molecule has 88 heavy (non-hydrogen) atoms. The van der Waals surface area contributed by atoms with Crippen LogP contribution < -0.4 is 10.6 Å². The van der Waals surface area contributed by atoms with Gasteiger partial charge in [-0.2, -0.15) is 0 Å². The molecule has 0 saturated heterocycles. The minimum absolute atomic E-state index is 0.0741. The van der Waals surface area contributed by atoms with Gasteiger partial charge in [0.05, 0.1) is 0 Å². The zero-order chi connectivity index (χ0) is 65.8. The van der Waals surface area contributed by atoms with Crippen molar-refractivity contribution >= 4 is 88.6 Å². The average molecular weight is 1230 g/mol. The van der Waals surface area contributed by atoms with Crippen LogP contribution >= 0.6 is 0 Å². The fourth-order valence-corrected chi connectivity index (χ4v) is 6.26. The van der Waals surface area contributed by atoms with Crippen LogP contribution in [0.4, 0.5) is 0 Å². The Hall–Kier alpha value is -10.9. The maximum Gasteiger partial charge on any atom is 0.323 e. The lowest BCUT2D eigenvalue weighted by atomic mass is 10.1. The number of carbonyl (C=O) groups excluding carboxylic acids is 10. The summed E-state index contributed by atoms with van der Waals surface area (Å²) in [5, 5.41) is 45.6. The van der Waals surface area contributed by atoms with Gasteiger partial charge in [-0.05, 0) is 26.9 Å². The van der Waals surface area contributed by atoms with Crippen molar-refractivity contribution in [3.63, 3.8) is 0 Å². The molecule has 0 aliphatic carbocycles. The summed E-state index contributed by atoms with van der Waals surface area (Å²) in [5.74, 6) is -11.6. The van der Waals surface area contributed by atoms with Crippen LogP contribution in [-0.4, -0.2) is 173 Å². The van der Waals surface area contributed by atoms with Gasteiger partial charge in [0.2, 0.25) is 0 Å². The summed E-state index contributed by atoms with van der Waals surface area (Å²) in [7, 11) is 3.04. The van der Waals surface area contributed by atoms with Crippen molar-refractivity contribution in [2.45, 2.75) is 57.0 Å². The fraction of sp³-hybridized carbons (Fsp3) is 0.262. The van der Waals surface area contributed by atoms with Gasteiger partial charge in [0.1, 0.15) is 31.3 Å². The van der Waals surface area contributed by atoms with Gasteiger partial charge < -0.3 is 59.9 Å². The van der Waals surface area contributed by atoms with Gasteiger partial charge in [0.15, 0.2) is 62.0 Å². The molecular formula is C61H64N2O25. The number of carboxylic acids is 5. The van der Waals surface area contributed by atoms with Crippen LogP contribution in [0.5, 0.6) is 0 Å². The summed E-state index contributed by atoms with van der Waals surface area (Å²) in [5.41, 5.74) is 2.15. The lowest BCUT2D eigenvalue weighted by Gasteiger charge is -2.14. The van der Waals surface area contributed by atoms with Gasteiger partial charge in [0, 0.05) is 40.7 Å². The molecule has 0 fully saturated rings. The topological polar surface area (TPSA) is 427 Å². The first-order valence-corrected chi connectivity index (χ1v) is 26.0. The number of Topliss-reactive ketones (excluding diaryl/α,β-unsaturated/α-hetero) is 5. The van der Waals surface area contributed by atoms with Gasteiger partial charge in [-0.3, -0.25) is 71.9 Å². The third kappa shape index (κ3) is 35.3. The maximum atomic E-state index is 12.1. The van der Waals surface area contributed by atoms with Crippen LogP contribution in [-0.2, 0) is 71.6 Å². The number of nitrogens with one attached hydrogen (secondary N) is 2. The van der Waals surface area contributed by atoms with Gasteiger partial charge in [-0.1, -0.05) is 152 Å². The van der Waals surface area contributed by atoms with Crippen molar-refractivity contribution in [2.24, 2.45) is 0 Å². The molecule has 0 heterocycles. The van der Waals surface area contributed by atoms with Crippen molar-refractivity contribution in [3.05, 3.63) is 179 Å². The molecule has 0 saturated carbocycles. The molecule has 7 N–H and O–H groups in total. The molecule has 2 unspecified atom stereocenters. The minimum Gasteiger partial charge on any atom is -0.481 e. The fourth-order valence-electron chi connectivity index (χ4n) is 6.26. The van der Waals surface area contributed by atoms with Crippen LogP contribution in [0.3, 0.4) is 0 Å². The Morgan fingerprint density at radius 3 is 0.830 bits per heavy atom. The van der Waals surface area contributed by atoms with Crippen molar-refractivity contribution in [1.82, 2.24) is 10.6 Å². The molecule has 0 spiro atoms. The van der Waals surface area contributed by atoms with Crippen LogP contribution in [0.1, 0.15) is 96.7 Å². The highest BCUT2D eigenvalue weighted by molar-refractivity contribution is 6.02. The van der Waals surface area contributed by atoms with E-state index < -0.39 is 111 Å². The van der Waals surface area contributed by atoms with Gasteiger partial charge in [0.25, 0.3) is 0 Å². The molecule has 0 bridgehead atoms. The minimum atomic E-state index is -1.31. The molecule has 27 nitrogen and oxygen atoms in total. The van der Waals surface area contributed by atoms with E-state index in [1.807, 2.05) is 0 Å². The van der Waals surface area contributed by atoms with Crippen molar-refractivity contribution in [2.75, 3.05) is 47.1 Å². The summed E-state index contributed by atoms with van der Waals surface area (Å²) < 4.78 is 24.0. The SMILES string of the molecule is CNC(CCC(=O)O)C(=O)O.CNC(CCC(=O)OCC(=O)c1ccccc1)C(=O)OCC(=O)c1ccccc1.O=C(CC(=O)OCC(=O)c1ccccc1)OCC(=O)c1ccccc1.O=C(O)CC(=O)O.O=C(O)CC(=O)OCC(=O)c1ccccc1. The predicted octanol–water partition coefficient (Wildman–Crippen LogP) is 4.39. The van der Waals surface area contributed by atoms with Crippen LogP contribution in [0.25, 0.3) is 0 Å². The molecule has 5 aromatic rings. The third-order valence-corrected chi connectivity index (χ3v) is 10.7. The number of rotatable bonds is 31. The Morgan fingerprint density at radius 1 is 0.318 bits per heavy atom. The van der Waals surface area contributed by atoms with E-state index in [2.05, 4.69) is 15.4 Å². The number of esters is 5. The van der Waals surface area contributed by atoms with Crippen LogP contribution in [0.2, 0.25) is 0 Å². The highest BCUT2D eigenvalue weighted by atomic mass is 16.6. The van der Waals surface area contributed by atoms with Crippen molar-refractivity contribution in [3.8, 4) is 0 Å². The highest BCUT2D eigenvalue weighted by Crippen LogP contribution is 2.08. The molecule has 0 aliphatic heterocycles. The highest BCUT2D eigenvalue weighted by Gasteiger charge is 2.22. The third-order valence-electron chi connectivity index (χ3n) is 10.7. The molecule has 5 rings (SSSR count). The quantitative estimate of drug-likeness (QED) is 0.0140. The van der Waals surface area contributed by atoms with Crippen LogP contribution in [0, 0.1) is 0 Å². The molecule has 0 amide bonds. The van der Waals surface area contributed by atoms with E-state index in [0.717, 1.165) is 0 Å². The summed E-state index contributed by atoms with van der Waals surface area (Å²) in [6.07, 6.45) is -2.17. The predicted molar refractivity (Wildman–Crippen MR) is 305 cm³/mol. The van der Waals surface area contributed by atoms with Gasteiger partial charge in [-0.25, -0.2) is 0 Å². The second-order valence-corrected chi connectivity index (χ2v) is 17.4. The lowest BCUT2D eigenvalue weighted by molar-refractivity contribution is -0.154. The molecule has 27 heteroatoms. The maximum absolute atomic E-state index is 12.1. The normalized spacial score (nSPS) is 10.5. The van der Waals surface area contributed by atoms with Crippen LogP contribution in [0.15, 0.2) is 152 Å². The zero-order valence-electron chi connectivity index (χ0n) is 47.5. The van der Waals surface area contributed by atoms with E-state index in [4.69, 9.17) is 44.5 Å². The summed E-state index contributed by atoms with van der Waals surface area (Å²) >= 11 is 0. The number of likely N-dealkylation sites (N-methyl/N-ethyl adjacent to an activating group) is 2. The number of hydrogen-bond donors (Lipinski definition) is 7. The first-order chi connectivity index (χ1) is 41.9. The number of ketones is 5. The second-order valence-electron chi connectivity index (χ2n) is 17.4. The number of carbonyl (C=O) groups is 15. The zero-order valence-corrected chi connectivity index (χ0v) is 47.5. The monoisotopic (exact) mass is 1220 g/mol. The number of carboxylic acid groups (broad SMARTS) is 5. The second kappa shape index (κ2) is 43.7. The largest absolute Gasteiger partial charge is 0.481 e. The number of hydrogen-bond acceptors (Lipinski definition) is 22. The van der Waals surface area contributed by atoms with E-state index in [9.17, 15) is 71.9 Å². The summed E-state index contributed by atoms with van der Waals surface area (Å²) in [4.78, 5) is 166. The van der Waals surface area contributed by atoms with Crippen molar-refractivity contribution < 1.29 is 121 Å². The Balaban J connectivity index is 0.000000593. The Bertz CT molecular complexity index is 3030. The smallest absolute Gasteiger partial charge is 0.323 e. The number of benzene rings is 5. The molecular weight excluding hydrogens is 1160 g/mol. The first-order valence-electron chi connectivity index (χ1n) is 26.0. The number of ether oxygens (including phenoxy) is 5. The summed E-state index contributed by atoms with van der Waals surface area (Å²) in [6, 6.07) is 40.5. The molecule has 0 aliphatic rings. The number of aliphatic carboxylic acids is 5.